The van der Waals surface area contributed by atoms with Crippen LogP contribution in [0.4, 0.5) is 0 Å². The van der Waals surface area contributed by atoms with Crippen LogP contribution in [0.15, 0.2) is 73.3 Å². The Morgan fingerprint density at radius 2 is 1.65 bits per heavy atom. The number of hydrogen-bond acceptors (Lipinski definition) is 4. The number of carbonyl (C=O) groups excluding carboxylic acids is 1. The molecule has 104 valence electrons. The third-order valence-electron chi connectivity index (χ3n) is 2.68. The molecule has 4 heteroatoms. The van der Waals surface area contributed by atoms with Crippen LogP contribution in [0.3, 0.4) is 0 Å². The van der Waals surface area contributed by atoms with Crippen molar-refractivity contribution in [3.8, 4) is 0 Å². The molecule has 0 fully saturated rings. The molecular weight excluding hydrogens is 256 g/mol. The molecule has 0 amide bonds. The van der Waals surface area contributed by atoms with Crippen LogP contribution in [0.5, 0.6) is 0 Å². The summed E-state index contributed by atoms with van der Waals surface area (Å²) in [5, 5.41) is 0. The van der Waals surface area contributed by atoms with Crippen LogP contribution < -0.4 is 0 Å². The normalized spacial score (nSPS) is 16.4. The summed E-state index contributed by atoms with van der Waals surface area (Å²) in [5.41, 5.74) is 0. The summed E-state index contributed by atoms with van der Waals surface area (Å²) in [6.45, 7) is 7.02. The highest BCUT2D eigenvalue weighted by atomic mass is 16.9. The average Bonchev–Trinajstić information content (AvgIpc) is 3.12. The molecule has 0 aromatic heterocycles. The maximum Gasteiger partial charge on any atom is 0.441 e. The molecule has 2 aliphatic rings. The minimum Gasteiger partial charge on any atom is -0.421 e. The Morgan fingerprint density at radius 1 is 1.10 bits per heavy atom. The van der Waals surface area contributed by atoms with E-state index in [1.807, 2.05) is 24.3 Å². The summed E-state index contributed by atoms with van der Waals surface area (Å²) in [5.74, 6) is -1.06. The lowest BCUT2D eigenvalue weighted by Crippen LogP contribution is -2.38. The van der Waals surface area contributed by atoms with Crippen molar-refractivity contribution in [1.82, 2.24) is 0 Å². The quantitative estimate of drug-likeness (QED) is 0.309. The minimum atomic E-state index is -1.68. The van der Waals surface area contributed by atoms with Gasteiger partial charge in [0.1, 0.15) is 11.5 Å². The first-order valence-corrected chi connectivity index (χ1v) is 6.26. The Balaban J connectivity index is 2.16. The Labute approximate surface area is 118 Å². The standard InChI is InChI=1S/C16H16O4/c1-3-15(17)20-16(4-2,18-13-9-5-6-10-13)19-14-11-7-8-12-14/h3-9,11H,1-2,10,12H2. The first kappa shape index (κ1) is 13.9. The Kier molecular flexibility index (Phi) is 4.25. The van der Waals surface area contributed by atoms with Crippen LogP contribution in [0.25, 0.3) is 0 Å². The van der Waals surface area contributed by atoms with Crippen molar-refractivity contribution >= 4 is 5.97 Å². The summed E-state index contributed by atoms with van der Waals surface area (Å²) in [7, 11) is 0. The van der Waals surface area contributed by atoms with Gasteiger partial charge in [-0.05, 0) is 12.2 Å². The second kappa shape index (κ2) is 6.10. The topological polar surface area (TPSA) is 44.8 Å². The van der Waals surface area contributed by atoms with Gasteiger partial charge in [0.15, 0.2) is 0 Å². The molecule has 0 aromatic rings. The zero-order valence-corrected chi connectivity index (χ0v) is 11.1. The van der Waals surface area contributed by atoms with Crippen molar-refractivity contribution in [2.45, 2.75) is 18.8 Å². The lowest BCUT2D eigenvalue weighted by Gasteiger charge is -2.30. The molecule has 0 unspecified atom stereocenters. The number of carbonyl (C=O) groups is 1. The van der Waals surface area contributed by atoms with Crippen LogP contribution in [-0.2, 0) is 19.0 Å². The first-order valence-electron chi connectivity index (χ1n) is 6.26. The summed E-state index contributed by atoms with van der Waals surface area (Å²) in [6, 6.07) is 0. The maximum absolute atomic E-state index is 11.5. The fourth-order valence-corrected chi connectivity index (χ4v) is 1.74. The van der Waals surface area contributed by atoms with Crippen molar-refractivity contribution in [2.75, 3.05) is 0 Å². The van der Waals surface area contributed by atoms with Crippen molar-refractivity contribution in [1.29, 1.82) is 0 Å². The highest BCUT2D eigenvalue weighted by Gasteiger charge is 2.38. The number of rotatable bonds is 7. The third kappa shape index (κ3) is 3.29. The molecule has 4 nitrogen and oxygen atoms in total. The lowest BCUT2D eigenvalue weighted by atomic mass is 10.4. The van der Waals surface area contributed by atoms with Crippen LogP contribution in [0.2, 0.25) is 0 Å². The van der Waals surface area contributed by atoms with Gasteiger partial charge < -0.3 is 14.2 Å². The molecule has 0 aromatic carbocycles. The van der Waals surface area contributed by atoms with Gasteiger partial charge in [-0.15, -0.1) is 0 Å². The number of ether oxygens (including phenoxy) is 3. The molecule has 0 bridgehead atoms. The number of esters is 1. The SMILES string of the molecule is C=CC(=O)OC(C=C)(OC1=CC=CC1)OC1=CC=CC1. The molecule has 0 saturated heterocycles. The molecule has 0 atom stereocenters. The lowest BCUT2D eigenvalue weighted by molar-refractivity contribution is -0.301. The van der Waals surface area contributed by atoms with Crippen LogP contribution in [0, 0.1) is 0 Å². The summed E-state index contributed by atoms with van der Waals surface area (Å²) >= 11 is 0. The number of allylic oxidation sites excluding steroid dienone is 6. The Morgan fingerprint density at radius 3 is 2.00 bits per heavy atom. The highest BCUT2D eigenvalue weighted by Crippen LogP contribution is 2.29. The number of hydrogen-bond donors (Lipinski definition) is 0. The van der Waals surface area contributed by atoms with Gasteiger partial charge in [0.25, 0.3) is 0 Å². The van der Waals surface area contributed by atoms with Crippen LogP contribution in [0.1, 0.15) is 12.8 Å². The predicted octanol–water partition coefficient (Wildman–Crippen LogP) is 3.28. The van der Waals surface area contributed by atoms with E-state index in [-0.39, 0.29) is 0 Å². The minimum absolute atomic E-state index is 0.613. The molecule has 0 radical (unpaired) electrons. The van der Waals surface area contributed by atoms with E-state index in [0.29, 0.717) is 24.4 Å². The molecule has 0 N–H and O–H groups in total. The van der Waals surface area contributed by atoms with Gasteiger partial charge in [0, 0.05) is 25.0 Å². The molecule has 0 spiro atoms. The van der Waals surface area contributed by atoms with Gasteiger partial charge in [0.05, 0.1) is 0 Å². The van der Waals surface area contributed by atoms with E-state index in [1.165, 1.54) is 6.08 Å². The second-order valence-electron chi connectivity index (χ2n) is 4.17. The monoisotopic (exact) mass is 272 g/mol. The van der Waals surface area contributed by atoms with Crippen LogP contribution >= 0.6 is 0 Å². The maximum atomic E-state index is 11.5. The van der Waals surface area contributed by atoms with Gasteiger partial charge >= 0.3 is 11.9 Å². The molecule has 0 aliphatic heterocycles. The average molecular weight is 272 g/mol. The largest absolute Gasteiger partial charge is 0.441 e. The molecule has 2 aliphatic carbocycles. The molecule has 20 heavy (non-hydrogen) atoms. The predicted molar refractivity (Wildman–Crippen MR) is 75.1 cm³/mol. The van der Waals surface area contributed by atoms with Gasteiger partial charge in [-0.2, -0.15) is 0 Å². The van der Waals surface area contributed by atoms with E-state index in [1.54, 1.807) is 12.2 Å². The van der Waals surface area contributed by atoms with Crippen molar-refractivity contribution in [2.24, 2.45) is 0 Å². The smallest absolute Gasteiger partial charge is 0.421 e. The van der Waals surface area contributed by atoms with Gasteiger partial charge in [-0.1, -0.05) is 37.5 Å². The van der Waals surface area contributed by atoms with Gasteiger partial charge in [-0.3, -0.25) is 0 Å². The Hall–Kier alpha value is -2.49. The highest BCUT2D eigenvalue weighted by molar-refractivity contribution is 5.81. The van der Waals surface area contributed by atoms with E-state index in [0.717, 1.165) is 6.08 Å². The fraction of sp³-hybridized carbons (Fsp3) is 0.188. The van der Waals surface area contributed by atoms with Gasteiger partial charge in [0.2, 0.25) is 0 Å². The first-order chi connectivity index (χ1) is 9.67. The molecule has 2 rings (SSSR count). The summed E-state index contributed by atoms with van der Waals surface area (Å²) in [6.07, 6.45) is 14.7. The molecule has 0 saturated carbocycles. The zero-order valence-electron chi connectivity index (χ0n) is 11.1. The summed E-state index contributed by atoms with van der Waals surface area (Å²) < 4.78 is 16.6. The van der Waals surface area contributed by atoms with E-state index in [2.05, 4.69) is 13.2 Å². The second-order valence-corrected chi connectivity index (χ2v) is 4.17. The van der Waals surface area contributed by atoms with Crippen molar-refractivity contribution in [3.63, 3.8) is 0 Å². The van der Waals surface area contributed by atoms with E-state index in [4.69, 9.17) is 14.2 Å². The van der Waals surface area contributed by atoms with E-state index in [9.17, 15) is 4.79 Å². The van der Waals surface area contributed by atoms with Crippen molar-refractivity contribution in [3.05, 3.63) is 73.3 Å². The Bertz CT molecular complexity index is 503. The van der Waals surface area contributed by atoms with E-state index < -0.39 is 11.9 Å². The van der Waals surface area contributed by atoms with Crippen LogP contribution in [-0.4, -0.2) is 11.9 Å². The zero-order chi connectivity index (χ0) is 14.4. The molecular formula is C16H16O4. The summed E-state index contributed by atoms with van der Waals surface area (Å²) in [4.78, 5) is 11.5. The van der Waals surface area contributed by atoms with Crippen molar-refractivity contribution < 1.29 is 19.0 Å². The third-order valence-corrected chi connectivity index (χ3v) is 2.68. The van der Waals surface area contributed by atoms with Gasteiger partial charge in [-0.25, -0.2) is 4.79 Å². The fourth-order valence-electron chi connectivity index (χ4n) is 1.74. The van der Waals surface area contributed by atoms with E-state index >= 15 is 0 Å². The molecule has 0 heterocycles.